The van der Waals surface area contributed by atoms with Gasteiger partial charge >= 0.3 is 0 Å². The first-order valence-corrected chi connectivity index (χ1v) is 5.35. The fourth-order valence-electron chi connectivity index (χ4n) is 1.34. The van der Waals surface area contributed by atoms with Crippen molar-refractivity contribution in [3.63, 3.8) is 0 Å². The zero-order valence-corrected chi connectivity index (χ0v) is 9.71. The van der Waals surface area contributed by atoms with Crippen LogP contribution in [0.2, 0.25) is 0 Å². The number of nitrogens with zero attached hydrogens (tertiary/aromatic N) is 3. The third kappa shape index (κ3) is 3.04. The summed E-state index contributed by atoms with van der Waals surface area (Å²) in [6.07, 6.45) is 1.26. The van der Waals surface area contributed by atoms with Crippen molar-refractivity contribution in [3.8, 4) is 17.5 Å². The maximum absolute atomic E-state index is 11.5. The van der Waals surface area contributed by atoms with Crippen LogP contribution in [0.1, 0.15) is 12.3 Å². The van der Waals surface area contributed by atoms with E-state index in [9.17, 15) is 9.59 Å². The Kier molecular flexibility index (Phi) is 3.68. The van der Waals surface area contributed by atoms with E-state index in [-0.39, 0.29) is 35.8 Å². The lowest BCUT2D eigenvalue weighted by Gasteiger charge is -1.96. The van der Waals surface area contributed by atoms with Crippen LogP contribution in [0.15, 0.2) is 27.6 Å². The minimum absolute atomic E-state index is 0.0122. The average Bonchev–Trinajstić information content (AvgIpc) is 2.86. The molecular weight excluding hydrogens is 250 g/mol. The molecule has 0 aliphatic rings. The summed E-state index contributed by atoms with van der Waals surface area (Å²) in [6, 6.07) is 4.92. The van der Waals surface area contributed by atoms with Crippen LogP contribution in [-0.2, 0) is 11.3 Å². The maximum Gasteiger partial charge on any atom is 0.259 e. The monoisotopic (exact) mass is 259 g/mol. The Bertz CT molecular complexity index is 682. The highest BCUT2D eigenvalue weighted by atomic mass is 16.5. The number of amides is 1. The number of rotatable bonds is 4. The predicted octanol–water partition coefficient (Wildman–Crippen LogP) is -0.0452. The summed E-state index contributed by atoms with van der Waals surface area (Å²) in [4.78, 5) is 29.0. The molecule has 0 fully saturated rings. The average molecular weight is 259 g/mol. The van der Waals surface area contributed by atoms with E-state index in [1.54, 1.807) is 18.2 Å². The van der Waals surface area contributed by atoms with E-state index in [1.165, 1.54) is 6.20 Å². The van der Waals surface area contributed by atoms with E-state index in [0.717, 1.165) is 0 Å². The first kappa shape index (κ1) is 12.5. The molecule has 2 heterocycles. The Morgan fingerprint density at radius 2 is 2.42 bits per heavy atom. The smallest absolute Gasteiger partial charge is 0.259 e. The normalized spacial score (nSPS) is 9.84. The highest BCUT2D eigenvalue weighted by molar-refractivity contribution is 5.77. The second-order valence-corrected chi connectivity index (χ2v) is 3.54. The minimum atomic E-state index is -0.431. The van der Waals surface area contributed by atoms with Crippen LogP contribution in [-0.4, -0.2) is 21.0 Å². The van der Waals surface area contributed by atoms with Crippen molar-refractivity contribution in [1.82, 2.24) is 20.4 Å². The molecule has 8 nitrogen and oxygen atoms in total. The van der Waals surface area contributed by atoms with E-state index >= 15 is 0 Å². The van der Waals surface area contributed by atoms with Gasteiger partial charge in [-0.2, -0.15) is 10.2 Å². The molecule has 1 amide bonds. The molecule has 19 heavy (non-hydrogen) atoms. The Hall–Kier alpha value is -2.95. The Morgan fingerprint density at radius 3 is 3.16 bits per heavy atom. The fraction of sp³-hybridized carbons (Fsp3) is 0.182. The number of nitrogens with one attached hydrogen (secondary N) is 2. The summed E-state index contributed by atoms with van der Waals surface area (Å²) in [5.41, 5.74) is -0.0517. The fourth-order valence-corrected chi connectivity index (χ4v) is 1.34. The summed E-state index contributed by atoms with van der Waals surface area (Å²) in [6.45, 7) is 0.0122. The Labute approximate surface area is 107 Å². The summed E-state index contributed by atoms with van der Waals surface area (Å²) < 4.78 is 4.89. The summed E-state index contributed by atoms with van der Waals surface area (Å²) in [7, 11) is 0. The lowest BCUT2D eigenvalue weighted by atomic mass is 10.3. The van der Waals surface area contributed by atoms with Crippen LogP contribution in [0.25, 0.3) is 11.4 Å². The molecule has 0 unspecified atom stereocenters. The van der Waals surface area contributed by atoms with Crippen LogP contribution < -0.4 is 10.9 Å². The van der Waals surface area contributed by atoms with Gasteiger partial charge in [0, 0.05) is 6.20 Å². The third-order valence-electron chi connectivity index (χ3n) is 2.20. The topological polar surface area (TPSA) is 125 Å². The van der Waals surface area contributed by atoms with Crippen LogP contribution in [0, 0.1) is 11.3 Å². The highest BCUT2D eigenvalue weighted by Crippen LogP contribution is 2.09. The molecule has 2 N–H and O–H groups in total. The summed E-state index contributed by atoms with van der Waals surface area (Å²) in [5.74, 6) is -0.129. The van der Waals surface area contributed by atoms with Crippen molar-refractivity contribution in [3.05, 3.63) is 34.6 Å². The van der Waals surface area contributed by atoms with E-state index in [1.807, 2.05) is 0 Å². The van der Waals surface area contributed by atoms with Crippen molar-refractivity contribution in [2.75, 3.05) is 0 Å². The largest absolute Gasteiger partial charge is 0.346 e. The minimum Gasteiger partial charge on any atom is -0.346 e. The van der Waals surface area contributed by atoms with Crippen molar-refractivity contribution >= 4 is 5.91 Å². The number of pyridine rings is 1. The molecule has 2 aromatic heterocycles. The van der Waals surface area contributed by atoms with Crippen LogP contribution in [0.4, 0.5) is 0 Å². The van der Waals surface area contributed by atoms with Gasteiger partial charge in [0.15, 0.2) is 0 Å². The second kappa shape index (κ2) is 5.59. The molecule has 0 spiro atoms. The number of nitriles is 1. The van der Waals surface area contributed by atoms with Crippen molar-refractivity contribution in [2.45, 2.75) is 13.0 Å². The third-order valence-corrected chi connectivity index (χ3v) is 2.20. The maximum atomic E-state index is 11.5. The quantitative estimate of drug-likeness (QED) is 0.793. The molecule has 0 aliphatic heterocycles. The Balaban J connectivity index is 2.08. The number of H-pyrrole nitrogens is 1. The van der Waals surface area contributed by atoms with Gasteiger partial charge in [0.25, 0.3) is 5.56 Å². The molecule has 0 bridgehead atoms. The molecule has 2 rings (SSSR count). The van der Waals surface area contributed by atoms with Gasteiger partial charge < -0.3 is 14.8 Å². The molecule has 8 heteroatoms. The van der Waals surface area contributed by atoms with Gasteiger partial charge in [-0.05, 0) is 12.1 Å². The molecule has 0 atom stereocenters. The molecule has 0 saturated heterocycles. The lowest BCUT2D eigenvalue weighted by molar-refractivity contribution is -0.120. The first-order valence-electron chi connectivity index (χ1n) is 5.35. The van der Waals surface area contributed by atoms with Gasteiger partial charge in [0.05, 0.1) is 18.2 Å². The van der Waals surface area contributed by atoms with Crippen molar-refractivity contribution in [1.29, 1.82) is 5.26 Å². The van der Waals surface area contributed by atoms with Crippen molar-refractivity contribution in [2.24, 2.45) is 0 Å². The van der Waals surface area contributed by atoms with Gasteiger partial charge in [-0.3, -0.25) is 9.59 Å². The van der Waals surface area contributed by atoms with Crippen molar-refractivity contribution < 1.29 is 9.32 Å². The number of hydrogen-bond donors (Lipinski definition) is 2. The Morgan fingerprint density at radius 1 is 1.58 bits per heavy atom. The molecule has 0 aromatic carbocycles. The number of aromatic nitrogens is 3. The second-order valence-electron chi connectivity index (χ2n) is 3.54. The van der Waals surface area contributed by atoms with Gasteiger partial charge in [-0.1, -0.05) is 5.16 Å². The SMILES string of the molecule is N#CCC(=O)NCc1nc(-c2ccc[nH]c2=O)no1. The van der Waals surface area contributed by atoms with Gasteiger partial charge in [0.2, 0.25) is 17.6 Å². The molecule has 0 radical (unpaired) electrons. The van der Waals surface area contributed by atoms with Gasteiger partial charge in [-0.15, -0.1) is 0 Å². The van der Waals surface area contributed by atoms with Gasteiger partial charge in [-0.25, -0.2) is 0 Å². The summed E-state index contributed by atoms with van der Waals surface area (Å²) in [5, 5.41) is 14.4. The van der Waals surface area contributed by atoms with E-state index in [2.05, 4.69) is 20.4 Å². The zero-order valence-electron chi connectivity index (χ0n) is 9.71. The number of aromatic amines is 1. The molecular formula is C11H9N5O3. The standard InChI is InChI=1S/C11H9N5O3/c12-4-3-8(17)14-6-9-15-10(16-19-9)7-2-1-5-13-11(7)18/h1-2,5H,3,6H2,(H,13,18)(H,14,17). The van der Waals surface area contributed by atoms with Crippen LogP contribution in [0.3, 0.4) is 0 Å². The molecule has 96 valence electrons. The van der Waals surface area contributed by atoms with Crippen LogP contribution >= 0.6 is 0 Å². The number of carbonyl (C=O) groups excluding carboxylic acids is 1. The molecule has 0 saturated carbocycles. The lowest BCUT2D eigenvalue weighted by Crippen LogP contribution is -2.22. The molecule has 0 aliphatic carbocycles. The predicted molar refractivity (Wildman–Crippen MR) is 62.4 cm³/mol. The van der Waals surface area contributed by atoms with Crippen LogP contribution in [0.5, 0.6) is 0 Å². The summed E-state index contributed by atoms with van der Waals surface area (Å²) >= 11 is 0. The van der Waals surface area contributed by atoms with E-state index in [0.29, 0.717) is 0 Å². The number of carbonyl (C=O) groups is 1. The van der Waals surface area contributed by atoms with Gasteiger partial charge in [0.1, 0.15) is 6.42 Å². The first-order chi connectivity index (χ1) is 9.20. The van der Waals surface area contributed by atoms with E-state index in [4.69, 9.17) is 9.78 Å². The highest BCUT2D eigenvalue weighted by Gasteiger charge is 2.11. The molecule has 2 aromatic rings. The van der Waals surface area contributed by atoms with E-state index < -0.39 is 5.91 Å². The zero-order chi connectivity index (χ0) is 13.7. The number of hydrogen-bond acceptors (Lipinski definition) is 6.